The van der Waals surface area contributed by atoms with Gasteiger partial charge < -0.3 is 0 Å². The van der Waals surface area contributed by atoms with Gasteiger partial charge in [0.15, 0.2) is 0 Å². The van der Waals surface area contributed by atoms with Crippen molar-refractivity contribution in [3.63, 3.8) is 0 Å². The third-order valence-electron chi connectivity index (χ3n) is 13.8. The summed E-state index contributed by atoms with van der Waals surface area (Å²) in [6, 6.07) is 27.2. The fourth-order valence-electron chi connectivity index (χ4n) is 10.7. The summed E-state index contributed by atoms with van der Waals surface area (Å²) < 4.78 is 173. The molecule has 2 atom stereocenters. The monoisotopic (exact) mass is 1110 g/mol. The van der Waals surface area contributed by atoms with Crippen LogP contribution in [-0.4, -0.2) is 5.92 Å². The van der Waals surface area contributed by atoms with E-state index in [4.69, 9.17) is 17.0 Å². The van der Waals surface area contributed by atoms with Crippen molar-refractivity contribution in [1.29, 1.82) is 0 Å². The van der Waals surface area contributed by atoms with E-state index >= 15 is 0 Å². The van der Waals surface area contributed by atoms with E-state index in [-0.39, 0.29) is 34.4 Å². The number of halogens is 14. The molecule has 0 saturated heterocycles. The molecule has 6 aromatic carbocycles. The Kier molecular flexibility index (Phi) is 13.8. The van der Waals surface area contributed by atoms with E-state index in [1.54, 1.807) is 72.8 Å². The molecule has 0 N–H and O–H groups in total. The van der Waals surface area contributed by atoms with Gasteiger partial charge in [-0.2, -0.15) is 0 Å². The predicted molar refractivity (Wildman–Crippen MR) is 256 cm³/mol. The van der Waals surface area contributed by atoms with Crippen molar-refractivity contribution in [3.8, 4) is 44.5 Å². The SMILES string of the molecule is CCCC1=Cc2c(ccc(-c3ccccc3)c2-c2cc(C(F)(F)F)cc(C(F)(F)F)c2)[CH]1[Zr]([Cl])([Cl])([CH]1C(CCC)=Cc2c1ccc(-c1ccccc1)c2-c1cc(C(F)(F)F)cc(C(F)(F)F)c1)[SiH](C)C. The summed E-state index contributed by atoms with van der Waals surface area (Å²) in [5, 5.41) is 0. The van der Waals surface area contributed by atoms with Gasteiger partial charge in [-0.1, -0.05) is 0 Å². The zero-order chi connectivity index (χ0) is 51.0. The first-order valence-electron chi connectivity index (χ1n) is 22.7. The minimum absolute atomic E-state index is 0.0915. The summed E-state index contributed by atoms with van der Waals surface area (Å²) in [4.78, 5) is 0. The fourth-order valence-corrected chi connectivity index (χ4v) is 42.2. The summed E-state index contributed by atoms with van der Waals surface area (Å²) in [5.41, 5.74) is -1.18. The van der Waals surface area contributed by atoms with Crippen molar-refractivity contribution in [3.05, 3.63) is 177 Å². The molecule has 8 rings (SSSR count). The van der Waals surface area contributed by atoms with Crippen LogP contribution in [0, 0.1) is 0 Å². The average molecular weight is 1110 g/mol. The fraction of sp³-hybridized carbons (Fsp3) is 0.259. The molecule has 0 nitrogen and oxygen atoms in total. The molecule has 2 aliphatic carbocycles. The van der Waals surface area contributed by atoms with E-state index in [0.29, 0.717) is 70.2 Å². The molecule has 6 aromatic rings. The van der Waals surface area contributed by atoms with Crippen molar-refractivity contribution in [2.24, 2.45) is 0 Å². The number of hydrogen-bond acceptors (Lipinski definition) is 0. The number of allylic oxidation sites excluding steroid dienone is 2. The van der Waals surface area contributed by atoms with Crippen LogP contribution in [0.15, 0.2) is 132 Å². The molecule has 0 amide bonds. The summed E-state index contributed by atoms with van der Waals surface area (Å²) in [6.45, 7) is 7.87. The van der Waals surface area contributed by atoms with Gasteiger partial charge in [0.25, 0.3) is 0 Å². The van der Waals surface area contributed by atoms with E-state index in [1.807, 2.05) is 51.2 Å². The van der Waals surface area contributed by atoms with Crippen LogP contribution in [0.2, 0.25) is 13.1 Å². The number of fused-ring (bicyclic) bond motifs is 2. The molecule has 0 heterocycles. The molecule has 0 radical (unpaired) electrons. The van der Waals surface area contributed by atoms with Gasteiger partial charge in [0.05, 0.1) is 0 Å². The second-order valence-electron chi connectivity index (χ2n) is 18.5. The molecule has 0 aliphatic heterocycles. The Balaban J connectivity index is 1.46. The Morgan fingerprint density at radius 3 is 1.03 bits per heavy atom. The molecule has 0 spiro atoms. The molecular weight excluding hydrogens is 1070 g/mol. The first-order chi connectivity index (χ1) is 32.7. The Labute approximate surface area is 406 Å². The number of hydrogen-bond donors (Lipinski definition) is 0. The van der Waals surface area contributed by atoms with Crippen LogP contribution in [-0.2, 0) is 40.3 Å². The Bertz CT molecular complexity index is 2780. The normalized spacial score (nSPS) is 17.0. The maximum atomic E-state index is 14.6. The Hall–Kier alpha value is -4.36. The standard InChI is InChI=1S/2C26H19F6.C2H7Si.2ClH.Zr/c2*1-2-6-16-11-18-9-10-22(17-7-4-3-5-8-17)24(23(18)12-16)19-13-20(25(27,28)29)15-21(14-19)26(30,31)32;1-3-2;;;/h2*3-5,7-15H,2,6H2,1H3;3H,1-2H3;2*1H;/q;;;;;+2/p-2. The van der Waals surface area contributed by atoms with Gasteiger partial charge in [-0.3, -0.25) is 0 Å². The molecule has 0 fully saturated rings. The van der Waals surface area contributed by atoms with Crippen molar-refractivity contribution in [2.45, 2.75) is 84.6 Å². The summed E-state index contributed by atoms with van der Waals surface area (Å²) in [7, 11) is 17.3. The topological polar surface area (TPSA) is 0 Å². The van der Waals surface area contributed by atoms with E-state index in [1.165, 1.54) is 0 Å². The molecule has 0 aromatic heterocycles. The van der Waals surface area contributed by atoms with Gasteiger partial charge in [0, 0.05) is 0 Å². The molecule has 70 heavy (non-hydrogen) atoms. The number of rotatable bonds is 11. The van der Waals surface area contributed by atoms with Gasteiger partial charge in [0.1, 0.15) is 0 Å². The van der Waals surface area contributed by atoms with Crippen LogP contribution < -0.4 is 0 Å². The number of benzene rings is 6. The van der Waals surface area contributed by atoms with Gasteiger partial charge in [-0.05, 0) is 0 Å². The quantitative estimate of drug-likeness (QED) is 0.0896. The second kappa shape index (κ2) is 18.6. The molecule has 0 bridgehead atoms. The van der Waals surface area contributed by atoms with Crippen molar-refractivity contribution < 1.29 is 68.2 Å². The zero-order valence-electron chi connectivity index (χ0n) is 38.1. The van der Waals surface area contributed by atoms with Gasteiger partial charge >= 0.3 is 409 Å². The van der Waals surface area contributed by atoms with Gasteiger partial charge in [-0.25, -0.2) is 0 Å². The van der Waals surface area contributed by atoms with E-state index in [9.17, 15) is 52.7 Å². The second-order valence-corrected chi connectivity index (χ2v) is 61.0. The number of alkyl halides is 12. The zero-order valence-corrected chi connectivity index (χ0v) is 43.2. The molecule has 367 valence electrons. The molecule has 0 saturated carbocycles. The van der Waals surface area contributed by atoms with Crippen LogP contribution in [0.25, 0.3) is 56.7 Å². The van der Waals surface area contributed by atoms with Crippen molar-refractivity contribution in [2.75, 3.05) is 0 Å². The summed E-state index contributed by atoms with van der Waals surface area (Å²) in [5.74, 6) is -2.45. The van der Waals surface area contributed by atoms with Crippen LogP contribution >= 0.6 is 17.0 Å². The van der Waals surface area contributed by atoms with Crippen LogP contribution in [0.1, 0.15) is 91.3 Å². The van der Waals surface area contributed by atoms with Gasteiger partial charge in [-0.15, -0.1) is 0 Å². The van der Waals surface area contributed by atoms with Crippen molar-refractivity contribution >= 4 is 35.1 Å². The first kappa shape index (κ1) is 52.0. The minimum atomic E-state index is -5.96. The maximum absolute atomic E-state index is 14.6. The summed E-state index contributed by atoms with van der Waals surface area (Å²) >= 11 is -5.96. The van der Waals surface area contributed by atoms with Crippen LogP contribution in [0.4, 0.5) is 52.7 Å². The van der Waals surface area contributed by atoms with Crippen molar-refractivity contribution in [1.82, 2.24) is 0 Å². The third kappa shape index (κ3) is 9.33. The van der Waals surface area contributed by atoms with E-state index < -0.39 is 75.7 Å². The molecule has 2 unspecified atom stereocenters. The van der Waals surface area contributed by atoms with E-state index in [2.05, 4.69) is 0 Å². The predicted octanol–water partition coefficient (Wildman–Crippen LogP) is 19.6. The van der Waals surface area contributed by atoms with E-state index in [0.717, 1.165) is 35.4 Å². The average Bonchev–Trinajstić information content (AvgIpc) is 3.87. The Morgan fingerprint density at radius 1 is 0.443 bits per heavy atom. The van der Waals surface area contributed by atoms with Crippen LogP contribution in [0.5, 0.6) is 0 Å². The van der Waals surface area contributed by atoms with Gasteiger partial charge in [0.2, 0.25) is 0 Å². The molecular formula is C54H45Cl2F12SiZr. The molecule has 16 heteroatoms. The third-order valence-corrected chi connectivity index (χ3v) is 65.6. The molecule has 2 aliphatic rings. The first-order valence-corrected chi connectivity index (χ1v) is 39.0. The summed E-state index contributed by atoms with van der Waals surface area (Å²) in [6.07, 6.45) is -15.0. The van der Waals surface area contributed by atoms with Crippen LogP contribution in [0.3, 0.4) is 0 Å². The Morgan fingerprint density at radius 2 is 0.757 bits per heavy atom.